The van der Waals surface area contributed by atoms with Gasteiger partial charge >= 0.3 is 0 Å². The second-order valence-corrected chi connectivity index (χ2v) is 4.91. The van der Waals surface area contributed by atoms with Crippen molar-refractivity contribution in [1.82, 2.24) is 0 Å². The van der Waals surface area contributed by atoms with Crippen molar-refractivity contribution < 1.29 is 4.74 Å². The van der Waals surface area contributed by atoms with Crippen molar-refractivity contribution in [3.05, 3.63) is 60.7 Å². The Bertz CT molecular complexity index is 545. The van der Waals surface area contributed by atoms with Gasteiger partial charge in [-0.05, 0) is 43.4 Å². The third-order valence-electron chi connectivity index (χ3n) is 3.12. The molecule has 0 radical (unpaired) electrons. The number of anilines is 2. The number of para-hydroxylation sites is 2. The van der Waals surface area contributed by atoms with E-state index in [1.54, 1.807) is 0 Å². The van der Waals surface area contributed by atoms with Crippen molar-refractivity contribution in [2.75, 3.05) is 29.9 Å². The van der Waals surface area contributed by atoms with E-state index in [1.807, 2.05) is 48.5 Å². The molecule has 0 spiro atoms. The number of benzene rings is 2. The third kappa shape index (κ3) is 5.08. The first kappa shape index (κ1) is 15.3. The summed E-state index contributed by atoms with van der Waals surface area (Å²) in [5.41, 5.74) is 2.14. The smallest absolute Gasteiger partial charge is 0.261 e. The number of nitrogens with zero attached hydrogens (tertiary/aromatic N) is 1. The lowest BCUT2D eigenvalue weighted by Crippen LogP contribution is -2.28. The molecule has 1 N–H and O–H groups in total. The lowest BCUT2D eigenvalue weighted by atomic mass is 10.3. The molecule has 4 heteroatoms. The van der Waals surface area contributed by atoms with Crippen molar-refractivity contribution >= 4 is 28.8 Å². The van der Waals surface area contributed by atoms with Gasteiger partial charge < -0.3 is 15.0 Å². The molecule has 0 amide bonds. The maximum absolute atomic E-state index is 5.58. The quantitative estimate of drug-likeness (QED) is 0.817. The molecule has 0 aliphatic carbocycles. The summed E-state index contributed by atoms with van der Waals surface area (Å²) >= 11 is 5.19. The van der Waals surface area contributed by atoms with E-state index in [9.17, 15) is 0 Å². The summed E-state index contributed by atoms with van der Waals surface area (Å²) in [7, 11) is 0. The number of nitrogens with one attached hydrogen (secondary N) is 1. The molecule has 0 heterocycles. The minimum absolute atomic E-state index is 0.408. The molecule has 2 aromatic rings. The molecule has 0 saturated carbocycles. The molecule has 0 fully saturated rings. The highest BCUT2D eigenvalue weighted by Gasteiger charge is 2.04. The van der Waals surface area contributed by atoms with E-state index in [0.717, 1.165) is 18.8 Å². The van der Waals surface area contributed by atoms with Crippen LogP contribution in [0.15, 0.2) is 60.7 Å². The van der Waals surface area contributed by atoms with Crippen LogP contribution in [-0.2, 0) is 4.74 Å². The molecule has 110 valence electrons. The Kier molecular flexibility index (Phi) is 6.03. The van der Waals surface area contributed by atoms with E-state index in [0.29, 0.717) is 11.8 Å². The molecule has 21 heavy (non-hydrogen) atoms. The highest BCUT2D eigenvalue weighted by Crippen LogP contribution is 2.12. The highest BCUT2D eigenvalue weighted by molar-refractivity contribution is 7.80. The van der Waals surface area contributed by atoms with Crippen LogP contribution in [-0.4, -0.2) is 24.9 Å². The Morgan fingerprint density at radius 1 is 1.05 bits per heavy atom. The van der Waals surface area contributed by atoms with Gasteiger partial charge in [-0.15, -0.1) is 0 Å². The van der Waals surface area contributed by atoms with Crippen LogP contribution in [0, 0.1) is 0 Å². The fraction of sp³-hybridized carbons (Fsp3) is 0.235. The molecular weight excluding hydrogens is 280 g/mol. The molecule has 3 nitrogen and oxygen atoms in total. The fourth-order valence-corrected chi connectivity index (χ4v) is 2.23. The van der Waals surface area contributed by atoms with Crippen molar-refractivity contribution in [1.29, 1.82) is 0 Å². The predicted molar refractivity (Wildman–Crippen MR) is 92.9 cm³/mol. The first-order valence-corrected chi connectivity index (χ1v) is 7.49. The van der Waals surface area contributed by atoms with Crippen molar-refractivity contribution in [3.8, 4) is 0 Å². The normalized spacial score (nSPS) is 9.95. The molecule has 2 rings (SSSR count). The molecular formula is C17H20N2OS. The van der Waals surface area contributed by atoms with E-state index in [-0.39, 0.29) is 0 Å². The molecule has 0 bridgehead atoms. The van der Waals surface area contributed by atoms with E-state index < -0.39 is 0 Å². The Balaban J connectivity index is 1.76. The highest BCUT2D eigenvalue weighted by atomic mass is 32.1. The summed E-state index contributed by atoms with van der Waals surface area (Å²) in [6, 6.07) is 20.1. The number of thiocarbonyl (C=S) groups is 1. The summed E-state index contributed by atoms with van der Waals surface area (Å²) < 4.78 is 5.58. The van der Waals surface area contributed by atoms with Crippen LogP contribution in [0.3, 0.4) is 0 Å². The van der Waals surface area contributed by atoms with Crippen LogP contribution in [0.1, 0.15) is 6.92 Å². The Morgan fingerprint density at radius 2 is 1.67 bits per heavy atom. The van der Waals surface area contributed by atoms with Gasteiger partial charge in [-0.2, -0.15) is 0 Å². The van der Waals surface area contributed by atoms with Crippen LogP contribution in [0.4, 0.5) is 11.4 Å². The van der Waals surface area contributed by atoms with E-state index >= 15 is 0 Å². The number of rotatable bonds is 6. The first-order chi connectivity index (χ1) is 10.3. The third-order valence-corrected chi connectivity index (χ3v) is 3.34. The molecule has 0 aliphatic rings. The maximum Gasteiger partial charge on any atom is 0.261 e. The fourth-order valence-electron chi connectivity index (χ4n) is 2.03. The van der Waals surface area contributed by atoms with Crippen LogP contribution < -0.4 is 10.2 Å². The lowest BCUT2D eigenvalue weighted by molar-refractivity contribution is 0.319. The van der Waals surface area contributed by atoms with Gasteiger partial charge in [0, 0.05) is 17.9 Å². The summed E-state index contributed by atoms with van der Waals surface area (Å²) in [4.78, 5) is 2.26. The zero-order chi connectivity index (χ0) is 14.9. The number of hydrogen-bond donors (Lipinski definition) is 1. The Labute approximate surface area is 131 Å². The molecule has 0 unspecified atom stereocenters. The minimum Gasteiger partial charge on any atom is -0.469 e. The zero-order valence-electron chi connectivity index (χ0n) is 12.2. The maximum atomic E-state index is 5.58. The van der Waals surface area contributed by atoms with E-state index in [1.165, 1.54) is 5.69 Å². The van der Waals surface area contributed by atoms with Gasteiger partial charge in [-0.1, -0.05) is 36.4 Å². The topological polar surface area (TPSA) is 24.5 Å². The molecule has 0 aliphatic heterocycles. The van der Waals surface area contributed by atoms with Gasteiger partial charge in [0.05, 0.1) is 6.54 Å². The largest absolute Gasteiger partial charge is 0.469 e. The summed E-state index contributed by atoms with van der Waals surface area (Å²) in [5.74, 6) is 0. The SMILES string of the molecule is CCN(CCOC(=S)Nc1ccccc1)c1ccccc1. The summed E-state index contributed by atoms with van der Waals surface area (Å²) in [6.07, 6.45) is 0. The minimum atomic E-state index is 0.408. The second kappa shape index (κ2) is 8.27. The van der Waals surface area contributed by atoms with Gasteiger partial charge in [0.25, 0.3) is 5.17 Å². The van der Waals surface area contributed by atoms with Crippen LogP contribution in [0.25, 0.3) is 0 Å². The first-order valence-electron chi connectivity index (χ1n) is 7.08. The molecule has 0 aromatic heterocycles. The average molecular weight is 300 g/mol. The standard InChI is InChI=1S/C17H20N2OS/c1-2-19(16-11-7-4-8-12-16)13-14-20-17(21)18-15-9-5-3-6-10-15/h3-12H,2,13-14H2,1H3,(H,18,21). The van der Waals surface area contributed by atoms with Crippen LogP contribution >= 0.6 is 12.2 Å². The second-order valence-electron chi connectivity index (χ2n) is 4.54. The average Bonchev–Trinajstić information content (AvgIpc) is 2.53. The van der Waals surface area contributed by atoms with Crippen molar-refractivity contribution in [2.24, 2.45) is 0 Å². The molecule has 0 saturated heterocycles. The van der Waals surface area contributed by atoms with Crippen LogP contribution in [0.2, 0.25) is 0 Å². The number of hydrogen-bond acceptors (Lipinski definition) is 3. The number of ether oxygens (including phenoxy) is 1. The Morgan fingerprint density at radius 3 is 2.29 bits per heavy atom. The van der Waals surface area contributed by atoms with Gasteiger partial charge in [0.15, 0.2) is 0 Å². The van der Waals surface area contributed by atoms with Crippen molar-refractivity contribution in [3.63, 3.8) is 0 Å². The summed E-state index contributed by atoms with van der Waals surface area (Å²) in [6.45, 7) is 4.43. The van der Waals surface area contributed by atoms with E-state index in [2.05, 4.69) is 29.3 Å². The lowest BCUT2D eigenvalue weighted by Gasteiger charge is -2.23. The zero-order valence-corrected chi connectivity index (χ0v) is 13.0. The predicted octanol–water partition coefficient (Wildman–Crippen LogP) is 3.93. The van der Waals surface area contributed by atoms with Crippen LogP contribution in [0.5, 0.6) is 0 Å². The van der Waals surface area contributed by atoms with E-state index in [4.69, 9.17) is 17.0 Å². The molecule has 2 aromatic carbocycles. The van der Waals surface area contributed by atoms with Gasteiger partial charge in [-0.25, -0.2) is 0 Å². The van der Waals surface area contributed by atoms with Gasteiger partial charge in [-0.3, -0.25) is 0 Å². The Hall–Kier alpha value is -2.07. The van der Waals surface area contributed by atoms with Crippen molar-refractivity contribution in [2.45, 2.75) is 6.92 Å². The van der Waals surface area contributed by atoms with Gasteiger partial charge in [0.2, 0.25) is 0 Å². The molecule has 0 atom stereocenters. The summed E-state index contributed by atoms with van der Waals surface area (Å²) in [5, 5.41) is 3.47. The monoisotopic (exact) mass is 300 g/mol. The number of likely N-dealkylation sites (N-methyl/N-ethyl adjacent to an activating group) is 1. The van der Waals surface area contributed by atoms with Gasteiger partial charge in [0.1, 0.15) is 6.61 Å².